The largest absolute Gasteiger partial charge is 0.344 e. The summed E-state index contributed by atoms with van der Waals surface area (Å²) in [7, 11) is 3.87. The molecule has 4 heteroatoms. The Morgan fingerprint density at radius 2 is 1.71 bits per heavy atom. The van der Waals surface area contributed by atoms with Gasteiger partial charge in [0, 0.05) is 6.54 Å². The van der Waals surface area contributed by atoms with Crippen LogP contribution in [0.15, 0.2) is 54.6 Å². The molecule has 1 amide bonds. The predicted octanol–water partition coefficient (Wildman–Crippen LogP) is 2.86. The van der Waals surface area contributed by atoms with Gasteiger partial charge in [0.25, 0.3) is 5.91 Å². The number of halogens is 1. The molecule has 0 aliphatic carbocycles. The third kappa shape index (κ3) is 4.13. The Bertz CT molecular complexity index is 599. The predicted molar refractivity (Wildman–Crippen MR) is 81.6 cm³/mol. The zero-order valence-corrected chi connectivity index (χ0v) is 12.2. The fraction of sp³-hybridized carbons (Fsp3) is 0.235. The number of amides is 1. The Hall–Kier alpha value is -2.20. The molecule has 3 nitrogen and oxygen atoms in total. The van der Waals surface area contributed by atoms with Crippen molar-refractivity contribution in [3.05, 3.63) is 71.5 Å². The quantitative estimate of drug-likeness (QED) is 0.916. The summed E-state index contributed by atoms with van der Waals surface area (Å²) in [6.07, 6.45) is 0. The molecule has 0 spiro atoms. The lowest BCUT2D eigenvalue weighted by Gasteiger charge is -2.23. The second-order valence-corrected chi connectivity index (χ2v) is 5.18. The molecule has 0 unspecified atom stereocenters. The monoisotopic (exact) mass is 286 g/mol. The summed E-state index contributed by atoms with van der Waals surface area (Å²) in [6, 6.07) is 15.5. The molecule has 1 atom stereocenters. The molecule has 0 bridgehead atoms. The third-order valence-electron chi connectivity index (χ3n) is 3.17. The van der Waals surface area contributed by atoms with Crippen molar-refractivity contribution >= 4 is 5.91 Å². The first-order valence-electron chi connectivity index (χ1n) is 6.83. The van der Waals surface area contributed by atoms with Crippen molar-refractivity contribution in [3.8, 4) is 0 Å². The van der Waals surface area contributed by atoms with Gasteiger partial charge in [0.2, 0.25) is 0 Å². The van der Waals surface area contributed by atoms with Crippen molar-refractivity contribution in [1.82, 2.24) is 10.2 Å². The Morgan fingerprint density at radius 3 is 2.33 bits per heavy atom. The van der Waals surface area contributed by atoms with Crippen LogP contribution in [0, 0.1) is 5.82 Å². The van der Waals surface area contributed by atoms with Crippen LogP contribution in [-0.4, -0.2) is 31.4 Å². The first-order chi connectivity index (χ1) is 10.1. The highest BCUT2D eigenvalue weighted by Gasteiger charge is 2.18. The van der Waals surface area contributed by atoms with E-state index in [2.05, 4.69) is 5.32 Å². The van der Waals surface area contributed by atoms with E-state index < -0.39 is 11.7 Å². The van der Waals surface area contributed by atoms with Gasteiger partial charge in [-0.2, -0.15) is 0 Å². The lowest BCUT2D eigenvalue weighted by atomic mass is 10.1. The smallest absolute Gasteiger partial charge is 0.254 e. The van der Waals surface area contributed by atoms with Crippen molar-refractivity contribution in [3.63, 3.8) is 0 Å². The highest BCUT2D eigenvalue weighted by atomic mass is 19.1. The van der Waals surface area contributed by atoms with Crippen molar-refractivity contribution < 1.29 is 9.18 Å². The van der Waals surface area contributed by atoms with Gasteiger partial charge in [0.15, 0.2) is 0 Å². The van der Waals surface area contributed by atoms with Gasteiger partial charge in [-0.3, -0.25) is 4.79 Å². The van der Waals surface area contributed by atoms with E-state index >= 15 is 0 Å². The Kier molecular flexibility index (Phi) is 5.06. The third-order valence-corrected chi connectivity index (χ3v) is 3.17. The molecular weight excluding hydrogens is 267 g/mol. The maximum absolute atomic E-state index is 13.7. The molecule has 0 aromatic heterocycles. The number of carbonyl (C=O) groups excluding carboxylic acids is 1. The second kappa shape index (κ2) is 6.99. The Balaban J connectivity index is 2.19. The van der Waals surface area contributed by atoms with Crippen LogP contribution in [0.1, 0.15) is 22.0 Å². The molecule has 2 rings (SSSR count). The van der Waals surface area contributed by atoms with Gasteiger partial charge in [-0.25, -0.2) is 4.39 Å². The maximum atomic E-state index is 13.7. The molecule has 2 aromatic carbocycles. The molecule has 1 N–H and O–H groups in total. The zero-order valence-electron chi connectivity index (χ0n) is 12.2. The van der Waals surface area contributed by atoms with Crippen molar-refractivity contribution in [2.45, 2.75) is 6.04 Å². The number of benzene rings is 2. The van der Waals surface area contributed by atoms with Crippen molar-refractivity contribution in [1.29, 1.82) is 0 Å². The number of hydrogen-bond donors (Lipinski definition) is 1. The van der Waals surface area contributed by atoms with Crippen LogP contribution in [-0.2, 0) is 0 Å². The average molecular weight is 286 g/mol. The van der Waals surface area contributed by atoms with Crippen LogP contribution in [0.5, 0.6) is 0 Å². The molecule has 110 valence electrons. The standard InChI is InChI=1S/C17H19FN2O/c1-20(2)12-16(13-8-4-3-5-9-13)19-17(21)14-10-6-7-11-15(14)18/h3-11,16H,12H2,1-2H3,(H,19,21)/t16-/m0/s1. The van der Waals surface area contributed by atoms with Gasteiger partial charge in [-0.1, -0.05) is 42.5 Å². The summed E-state index contributed by atoms with van der Waals surface area (Å²) in [6.45, 7) is 0.643. The summed E-state index contributed by atoms with van der Waals surface area (Å²) in [5.74, 6) is -0.907. The number of nitrogens with zero attached hydrogens (tertiary/aromatic N) is 1. The zero-order chi connectivity index (χ0) is 15.2. The van der Waals surface area contributed by atoms with Crippen molar-refractivity contribution in [2.24, 2.45) is 0 Å². The highest BCUT2D eigenvalue weighted by molar-refractivity contribution is 5.94. The summed E-state index contributed by atoms with van der Waals surface area (Å²) in [4.78, 5) is 14.2. The van der Waals surface area contributed by atoms with E-state index in [1.807, 2.05) is 49.3 Å². The molecular formula is C17H19FN2O. The SMILES string of the molecule is CN(C)C[C@H](NC(=O)c1ccccc1F)c1ccccc1. The average Bonchev–Trinajstić information content (AvgIpc) is 2.47. The molecule has 0 aliphatic rings. The van der Waals surface area contributed by atoms with Crippen LogP contribution in [0.2, 0.25) is 0 Å². The van der Waals surface area contributed by atoms with Crippen LogP contribution in [0.4, 0.5) is 4.39 Å². The molecule has 2 aromatic rings. The fourth-order valence-corrected chi connectivity index (χ4v) is 2.17. The summed E-state index contributed by atoms with van der Waals surface area (Å²) in [5, 5.41) is 2.90. The van der Waals surface area contributed by atoms with E-state index in [0.717, 1.165) is 5.56 Å². The molecule has 0 heterocycles. The second-order valence-electron chi connectivity index (χ2n) is 5.18. The first kappa shape index (κ1) is 15.2. The van der Waals surface area contributed by atoms with E-state index in [-0.39, 0.29) is 11.6 Å². The molecule has 21 heavy (non-hydrogen) atoms. The van der Waals surface area contributed by atoms with Crippen molar-refractivity contribution in [2.75, 3.05) is 20.6 Å². The van der Waals surface area contributed by atoms with Gasteiger partial charge in [-0.15, -0.1) is 0 Å². The lowest BCUT2D eigenvalue weighted by Crippen LogP contribution is -2.35. The molecule has 0 aliphatic heterocycles. The van der Waals surface area contributed by atoms with Crippen LogP contribution in [0.25, 0.3) is 0 Å². The van der Waals surface area contributed by atoms with E-state index in [0.29, 0.717) is 6.54 Å². The normalized spacial score (nSPS) is 12.2. The summed E-state index contributed by atoms with van der Waals surface area (Å²) < 4.78 is 13.7. The topological polar surface area (TPSA) is 32.3 Å². The highest BCUT2D eigenvalue weighted by Crippen LogP contribution is 2.15. The molecule has 0 fully saturated rings. The van der Waals surface area contributed by atoms with Crippen LogP contribution in [0.3, 0.4) is 0 Å². The van der Waals surface area contributed by atoms with E-state index in [1.54, 1.807) is 12.1 Å². The van der Waals surface area contributed by atoms with E-state index in [1.165, 1.54) is 12.1 Å². The summed E-state index contributed by atoms with van der Waals surface area (Å²) >= 11 is 0. The molecule has 0 radical (unpaired) electrons. The number of likely N-dealkylation sites (N-methyl/N-ethyl adjacent to an activating group) is 1. The molecule has 0 saturated heterocycles. The van der Waals surface area contributed by atoms with Crippen LogP contribution < -0.4 is 5.32 Å². The minimum Gasteiger partial charge on any atom is -0.344 e. The van der Waals surface area contributed by atoms with E-state index in [9.17, 15) is 9.18 Å². The van der Waals surface area contributed by atoms with Gasteiger partial charge < -0.3 is 10.2 Å². The number of nitrogens with one attached hydrogen (secondary N) is 1. The summed E-state index contributed by atoms with van der Waals surface area (Å²) in [5.41, 5.74) is 1.06. The Labute approximate surface area is 124 Å². The Morgan fingerprint density at radius 1 is 1.10 bits per heavy atom. The maximum Gasteiger partial charge on any atom is 0.254 e. The first-order valence-corrected chi connectivity index (χ1v) is 6.83. The van der Waals surface area contributed by atoms with E-state index in [4.69, 9.17) is 0 Å². The minimum absolute atomic E-state index is 0.0668. The minimum atomic E-state index is -0.508. The van der Waals surface area contributed by atoms with Gasteiger partial charge in [0.1, 0.15) is 5.82 Å². The number of hydrogen-bond acceptors (Lipinski definition) is 2. The van der Waals surface area contributed by atoms with Gasteiger partial charge >= 0.3 is 0 Å². The van der Waals surface area contributed by atoms with Gasteiger partial charge in [-0.05, 0) is 31.8 Å². The molecule has 0 saturated carbocycles. The van der Waals surface area contributed by atoms with Gasteiger partial charge in [0.05, 0.1) is 11.6 Å². The van der Waals surface area contributed by atoms with Crippen LogP contribution >= 0.6 is 0 Å². The number of carbonyl (C=O) groups is 1. The lowest BCUT2D eigenvalue weighted by molar-refractivity contribution is 0.0926. The fourth-order valence-electron chi connectivity index (χ4n) is 2.17. The number of rotatable bonds is 5.